The summed E-state index contributed by atoms with van der Waals surface area (Å²) >= 11 is 0. The molecule has 1 fully saturated rings. The van der Waals surface area contributed by atoms with Crippen molar-refractivity contribution in [1.82, 2.24) is 24.5 Å². The van der Waals surface area contributed by atoms with Crippen molar-refractivity contribution in [3.05, 3.63) is 48.3 Å². The molecule has 4 aromatic rings. The molecule has 0 bridgehead atoms. The summed E-state index contributed by atoms with van der Waals surface area (Å²) in [6.07, 6.45) is 5.48. The zero-order valence-corrected chi connectivity index (χ0v) is 30.3. The van der Waals surface area contributed by atoms with E-state index in [9.17, 15) is 0 Å². The van der Waals surface area contributed by atoms with Gasteiger partial charge in [0.2, 0.25) is 0 Å². The molecule has 244 valence electrons. The zero-order valence-electron chi connectivity index (χ0n) is 28.3. The minimum atomic E-state index is -1.18. The van der Waals surface area contributed by atoms with Gasteiger partial charge < -0.3 is 18.9 Å². The van der Waals surface area contributed by atoms with Crippen LogP contribution in [0.4, 0.5) is 0 Å². The molecule has 45 heavy (non-hydrogen) atoms. The molecule has 2 aromatic carbocycles. The lowest BCUT2D eigenvalue weighted by Gasteiger charge is -2.23. The maximum Gasteiger partial charge on any atom is 0.189 e. The highest BCUT2D eigenvalue weighted by molar-refractivity contribution is 6.76. The number of ether oxygens (including phenoxy) is 4. The molecule has 1 atom stereocenters. The molecule has 1 aliphatic rings. The monoisotopic (exact) mass is 649 g/mol. The number of hydrogen-bond acceptors (Lipinski definition) is 7. The van der Waals surface area contributed by atoms with Gasteiger partial charge in [0.15, 0.2) is 18.8 Å². The predicted octanol–water partition coefficient (Wildman–Crippen LogP) is 8.23. The SMILES string of the molecule is CCc1cc(OCOCC[Si](C)(C)C)ccc1-c1ccc2c(-c3ncnn3COCC[Si](C)(C)C)nn(C3CCCCO3)c2c1. The molecular weight excluding hydrogens is 599 g/mol. The molecule has 1 unspecified atom stereocenters. The normalized spacial score (nSPS) is 16.0. The standard InChI is InChI=1S/C34H51N5O4Si2/c1-8-26-21-28(43-25-41-18-20-45(5,6)7)13-15-29(26)27-12-14-30-31(22-27)39(32-11-9-10-16-42-32)37-33(30)34-35-23-36-38(34)24-40-17-19-44(2,3)4/h12-15,21-23,32H,8-11,16-20,24-25H2,1-7H3. The molecule has 5 rings (SSSR count). The van der Waals surface area contributed by atoms with Crippen molar-refractivity contribution < 1.29 is 18.9 Å². The topological polar surface area (TPSA) is 85.5 Å². The molecule has 0 radical (unpaired) electrons. The van der Waals surface area contributed by atoms with E-state index in [-0.39, 0.29) is 13.0 Å². The number of aromatic nitrogens is 5. The Kier molecular flexibility index (Phi) is 11.0. The highest BCUT2D eigenvalue weighted by Crippen LogP contribution is 2.36. The summed E-state index contributed by atoms with van der Waals surface area (Å²) in [5.41, 5.74) is 5.37. The molecule has 0 spiro atoms. The summed E-state index contributed by atoms with van der Waals surface area (Å²) in [5, 5.41) is 10.6. The largest absolute Gasteiger partial charge is 0.468 e. The van der Waals surface area contributed by atoms with E-state index in [1.54, 1.807) is 6.33 Å². The maximum atomic E-state index is 6.23. The first kappa shape index (κ1) is 33.5. The van der Waals surface area contributed by atoms with Crippen LogP contribution in [0.15, 0.2) is 42.7 Å². The van der Waals surface area contributed by atoms with Crippen molar-refractivity contribution in [2.45, 2.75) is 96.9 Å². The van der Waals surface area contributed by atoms with Gasteiger partial charge in [-0.3, -0.25) is 0 Å². The van der Waals surface area contributed by atoms with Crippen LogP contribution in [0.5, 0.6) is 5.75 Å². The number of rotatable bonds is 15. The molecule has 0 aliphatic carbocycles. The fourth-order valence-electron chi connectivity index (χ4n) is 5.46. The van der Waals surface area contributed by atoms with Gasteiger partial charge in [-0.1, -0.05) is 58.3 Å². The van der Waals surface area contributed by atoms with E-state index < -0.39 is 16.1 Å². The van der Waals surface area contributed by atoms with Crippen molar-refractivity contribution in [2.75, 3.05) is 26.6 Å². The van der Waals surface area contributed by atoms with Crippen LogP contribution >= 0.6 is 0 Å². The predicted molar refractivity (Wildman–Crippen MR) is 186 cm³/mol. The zero-order chi connectivity index (χ0) is 32.0. The molecule has 1 aliphatic heterocycles. The Hall–Kier alpha value is -2.84. The average Bonchev–Trinajstić information content (AvgIpc) is 3.62. The summed E-state index contributed by atoms with van der Waals surface area (Å²) in [6.45, 7) is 19.2. The van der Waals surface area contributed by atoms with Crippen LogP contribution in [0.2, 0.25) is 51.4 Å². The van der Waals surface area contributed by atoms with E-state index in [1.165, 1.54) is 11.1 Å². The van der Waals surface area contributed by atoms with Crippen LogP contribution in [0.25, 0.3) is 33.5 Å². The minimum Gasteiger partial charge on any atom is -0.468 e. The van der Waals surface area contributed by atoms with E-state index in [0.29, 0.717) is 12.6 Å². The first-order valence-corrected chi connectivity index (χ1v) is 23.9. The number of hydrogen-bond donors (Lipinski definition) is 0. The highest BCUT2D eigenvalue weighted by atomic mass is 28.3. The first-order chi connectivity index (χ1) is 21.5. The second kappa shape index (κ2) is 14.7. The number of benzene rings is 2. The van der Waals surface area contributed by atoms with Gasteiger partial charge in [0.25, 0.3) is 0 Å². The fourth-order valence-corrected chi connectivity index (χ4v) is 6.97. The van der Waals surface area contributed by atoms with Crippen molar-refractivity contribution in [3.8, 4) is 28.4 Å². The Morgan fingerprint density at radius 2 is 1.71 bits per heavy atom. The minimum absolute atomic E-state index is 0.114. The van der Waals surface area contributed by atoms with Crippen LogP contribution < -0.4 is 4.74 Å². The molecule has 3 heterocycles. The van der Waals surface area contributed by atoms with E-state index in [1.807, 2.05) is 10.7 Å². The number of nitrogens with zero attached hydrogens (tertiary/aromatic N) is 5. The number of aryl methyl sites for hydroxylation is 1. The van der Waals surface area contributed by atoms with E-state index in [2.05, 4.69) is 91.3 Å². The molecule has 9 nitrogen and oxygen atoms in total. The van der Waals surface area contributed by atoms with E-state index in [4.69, 9.17) is 24.0 Å². The van der Waals surface area contributed by atoms with Gasteiger partial charge in [0.05, 0.1) is 5.52 Å². The molecular formula is C34H51N5O4Si2. The molecule has 1 saturated heterocycles. The van der Waals surface area contributed by atoms with Crippen LogP contribution in [0, 0.1) is 0 Å². The van der Waals surface area contributed by atoms with Crippen LogP contribution in [0.3, 0.4) is 0 Å². The van der Waals surface area contributed by atoms with Gasteiger partial charge >= 0.3 is 0 Å². The number of fused-ring (bicyclic) bond motifs is 1. The van der Waals surface area contributed by atoms with Gasteiger partial charge in [-0.25, -0.2) is 14.3 Å². The van der Waals surface area contributed by atoms with Crippen LogP contribution in [-0.2, 0) is 27.4 Å². The molecule has 2 aromatic heterocycles. The Morgan fingerprint density at radius 1 is 0.933 bits per heavy atom. The summed E-state index contributed by atoms with van der Waals surface area (Å²) in [7, 11) is -2.30. The molecule has 0 amide bonds. The lowest BCUT2D eigenvalue weighted by Crippen LogP contribution is -2.22. The second-order valence-corrected chi connectivity index (χ2v) is 25.7. The van der Waals surface area contributed by atoms with Crippen molar-refractivity contribution in [3.63, 3.8) is 0 Å². The van der Waals surface area contributed by atoms with Crippen molar-refractivity contribution in [1.29, 1.82) is 0 Å². The Bertz CT molecular complexity index is 1550. The smallest absolute Gasteiger partial charge is 0.189 e. The summed E-state index contributed by atoms with van der Waals surface area (Å²) in [6, 6.07) is 15.2. The third kappa shape index (κ3) is 8.91. The average molecular weight is 650 g/mol. The lowest BCUT2D eigenvalue weighted by atomic mass is 9.96. The molecule has 11 heteroatoms. The van der Waals surface area contributed by atoms with Gasteiger partial charge in [0.1, 0.15) is 24.5 Å². The Labute approximate surface area is 270 Å². The lowest BCUT2D eigenvalue weighted by molar-refractivity contribution is -0.0365. The van der Waals surface area contributed by atoms with Gasteiger partial charge in [-0.2, -0.15) is 10.2 Å². The van der Waals surface area contributed by atoms with Crippen molar-refractivity contribution >= 4 is 27.1 Å². The quantitative estimate of drug-likeness (QED) is 0.0729. The molecule has 0 N–H and O–H groups in total. The summed E-state index contributed by atoms with van der Waals surface area (Å²) < 4.78 is 27.9. The first-order valence-electron chi connectivity index (χ1n) is 16.5. The Balaban J connectivity index is 1.42. The van der Waals surface area contributed by atoms with E-state index >= 15 is 0 Å². The third-order valence-corrected chi connectivity index (χ3v) is 11.7. The van der Waals surface area contributed by atoms with Crippen LogP contribution in [-0.4, -0.2) is 67.3 Å². The van der Waals surface area contributed by atoms with Gasteiger partial charge in [-0.05, 0) is 78.7 Å². The Morgan fingerprint density at radius 3 is 2.42 bits per heavy atom. The maximum absolute atomic E-state index is 6.23. The second-order valence-electron chi connectivity index (χ2n) is 14.4. The summed E-state index contributed by atoms with van der Waals surface area (Å²) in [5.74, 6) is 1.54. The van der Waals surface area contributed by atoms with Crippen molar-refractivity contribution in [2.24, 2.45) is 0 Å². The van der Waals surface area contributed by atoms with Gasteiger partial charge in [-0.15, -0.1) is 0 Å². The highest BCUT2D eigenvalue weighted by Gasteiger charge is 2.25. The fraction of sp³-hybridized carbons (Fsp3) is 0.559. The van der Waals surface area contributed by atoms with E-state index in [0.717, 1.165) is 85.5 Å². The third-order valence-electron chi connectivity index (χ3n) is 8.25. The van der Waals surface area contributed by atoms with Gasteiger partial charge in [0, 0.05) is 41.4 Å². The molecule has 0 saturated carbocycles. The summed E-state index contributed by atoms with van der Waals surface area (Å²) in [4.78, 5) is 4.63. The van der Waals surface area contributed by atoms with Crippen LogP contribution in [0.1, 0.15) is 38.0 Å².